The Bertz CT molecular complexity index is 2550. The molecule has 1 atom stereocenters. The lowest BCUT2D eigenvalue weighted by atomic mass is 9.95. The van der Waals surface area contributed by atoms with Gasteiger partial charge >= 0.3 is 0 Å². The van der Waals surface area contributed by atoms with Crippen LogP contribution in [0.3, 0.4) is 0 Å². The topological polar surface area (TPSA) is 75.4 Å². The van der Waals surface area contributed by atoms with Gasteiger partial charge in [0.25, 0.3) is 0 Å². The number of benzene rings is 5. The first kappa shape index (κ1) is 32.6. The first-order valence-electron chi connectivity index (χ1n) is 17.9. The Morgan fingerprint density at radius 1 is 0.407 bits per heavy atom. The molecule has 9 rings (SSSR count). The Labute approximate surface area is 314 Å². The molecule has 6 nitrogen and oxygen atoms in total. The fourth-order valence-corrected chi connectivity index (χ4v) is 6.81. The van der Waals surface area contributed by atoms with Crippen molar-refractivity contribution in [2.24, 2.45) is 9.98 Å². The molecule has 54 heavy (non-hydrogen) atoms. The van der Waals surface area contributed by atoms with Gasteiger partial charge in [0.15, 0.2) is 5.84 Å². The van der Waals surface area contributed by atoms with E-state index in [0.717, 1.165) is 78.7 Å². The fourth-order valence-electron chi connectivity index (χ4n) is 6.81. The SMILES string of the molecule is c1ccc(C2=NC(c3ccccc3-c3ccc(-c4cccnc4-c4cc(-c5ccccc5)cc(-c5ccccn5)n4)cc3)=NC(c3ccccc3)N2)cc1. The summed E-state index contributed by atoms with van der Waals surface area (Å²) >= 11 is 0. The van der Waals surface area contributed by atoms with Gasteiger partial charge in [-0.05, 0) is 63.7 Å². The molecule has 0 radical (unpaired) electrons. The molecule has 0 fully saturated rings. The minimum Gasteiger partial charge on any atom is -0.344 e. The highest BCUT2D eigenvalue weighted by Crippen LogP contribution is 2.36. The molecule has 3 aromatic heterocycles. The van der Waals surface area contributed by atoms with E-state index in [2.05, 4.69) is 119 Å². The maximum atomic E-state index is 5.15. The summed E-state index contributed by atoms with van der Waals surface area (Å²) in [4.78, 5) is 24.9. The van der Waals surface area contributed by atoms with E-state index >= 15 is 0 Å². The average Bonchev–Trinajstić information content (AvgIpc) is 3.27. The maximum absolute atomic E-state index is 5.15. The number of aromatic nitrogens is 3. The molecule has 256 valence electrons. The van der Waals surface area contributed by atoms with Crippen LogP contribution >= 0.6 is 0 Å². The quantitative estimate of drug-likeness (QED) is 0.172. The monoisotopic (exact) mass is 694 g/mol. The van der Waals surface area contributed by atoms with Gasteiger partial charge in [-0.3, -0.25) is 9.97 Å². The molecule has 1 N–H and O–H groups in total. The molecule has 1 unspecified atom stereocenters. The van der Waals surface area contributed by atoms with Crippen molar-refractivity contribution in [3.8, 4) is 56.2 Å². The van der Waals surface area contributed by atoms with E-state index in [-0.39, 0.29) is 6.17 Å². The molecule has 0 aliphatic carbocycles. The minimum atomic E-state index is -0.277. The molecule has 6 heteroatoms. The molecular weight excluding hydrogens is 661 g/mol. The van der Waals surface area contributed by atoms with E-state index in [1.165, 1.54) is 0 Å². The lowest BCUT2D eigenvalue weighted by Crippen LogP contribution is -2.33. The molecule has 0 amide bonds. The van der Waals surface area contributed by atoms with Gasteiger partial charge in [0.2, 0.25) is 0 Å². The largest absolute Gasteiger partial charge is 0.344 e. The Kier molecular flexibility index (Phi) is 8.89. The fraction of sp³-hybridized carbons (Fsp3) is 0.0208. The third-order valence-electron chi connectivity index (χ3n) is 9.49. The second kappa shape index (κ2) is 14.7. The summed E-state index contributed by atoms with van der Waals surface area (Å²) in [5, 5.41) is 3.56. The van der Waals surface area contributed by atoms with Gasteiger partial charge in [-0.25, -0.2) is 15.0 Å². The lowest BCUT2D eigenvalue weighted by Gasteiger charge is -2.24. The molecule has 8 aromatic rings. The van der Waals surface area contributed by atoms with E-state index < -0.39 is 0 Å². The summed E-state index contributed by atoms with van der Waals surface area (Å²) in [6.07, 6.45) is 3.35. The summed E-state index contributed by atoms with van der Waals surface area (Å²) < 4.78 is 0. The van der Waals surface area contributed by atoms with Gasteiger partial charge in [-0.1, -0.05) is 152 Å². The number of nitrogens with one attached hydrogen (secondary N) is 1. The number of hydrogen-bond acceptors (Lipinski definition) is 6. The van der Waals surface area contributed by atoms with Crippen LogP contribution in [0, 0.1) is 0 Å². The predicted molar refractivity (Wildman–Crippen MR) is 219 cm³/mol. The van der Waals surface area contributed by atoms with Crippen molar-refractivity contribution < 1.29 is 0 Å². The van der Waals surface area contributed by atoms with Crippen LogP contribution in [-0.4, -0.2) is 26.6 Å². The standard InChI is InChI=1S/C48H34N6/c1-4-15-33(16-5-1)38-31-43(42-24-12-13-29-49-42)51-44(32-38)45-40(23-14-30-50-45)35-27-25-34(26-28-35)39-21-10-11-22-41(39)48-53-46(36-17-6-2-7-18-36)52-47(54-48)37-19-8-3-9-20-37/h1-32,46H,(H,52,53,54). The highest BCUT2D eigenvalue weighted by atomic mass is 15.2. The summed E-state index contributed by atoms with van der Waals surface area (Å²) in [5.74, 6) is 1.48. The molecule has 4 heterocycles. The third-order valence-corrected chi connectivity index (χ3v) is 9.49. The Hall–Kier alpha value is -7.31. The first-order valence-corrected chi connectivity index (χ1v) is 17.9. The van der Waals surface area contributed by atoms with Crippen molar-refractivity contribution in [1.82, 2.24) is 20.3 Å². The molecule has 0 saturated carbocycles. The predicted octanol–water partition coefficient (Wildman–Crippen LogP) is 10.7. The van der Waals surface area contributed by atoms with Crippen LogP contribution in [0.15, 0.2) is 204 Å². The highest BCUT2D eigenvalue weighted by molar-refractivity contribution is 6.15. The van der Waals surface area contributed by atoms with E-state index in [4.69, 9.17) is 20.0 Å². The molecular formula is C48H34N6. The molecule has 5 aromatic carbocycles. The summed E-state index contributed by atoms with van der Waals surface area (Å²) in [6.45, 7) is 0. The van der Waals surface area contributed by atoms with Crippen LogP contribution in [0.2, 0.25) is 0 Å². The molecule has 0 saturated heterocycles. The van der Waals surface area contributed by atoms with Crippen LogP contribution in [0.25, 0.3) is 56.2 Å². The van der Waals surface area contributed by atoms with Crippen LogP contribution in [-0.2, 0) is 0 Å². The van der Waals surface area contributed by atoms with Crippen molar-refractivity contribution in [3.05, 3.63) is 211 Å². The smallest absolute Gasteiger partial charge is 0.160 e. The highest BCUT2D eigenvalue weighted by Gasteiger charge is 2.23. The number of aliphatic imine (C=N–C) groups is 2. The van der Waals surface area contributed by atoms with Gasteiger partial charge < -0.3 is 5.32 Å². The Morgan fingerprint density at radius 2 is 1.00 bits per heavy atom. The number of hydrogen-bond donors (Lipinski definition) is 1. The first-order chi connectivity index (χ1) is 26.8. The normalized spacial score (nSPS) is 13.7. The van der Waals surface area contributed by atoms with E-state index in [9.17, 15) is 0 Å². The zero-order valence-corrected chi connectivity index (χ0v) is 29.3. The maximum Gasteiger partial charge on any atom is 0.160 e. The van der Waals surface area contributed by atoms with E-state index in [1.807, 2.05) is 79.0 Å². The van der Waals surface area contributed by atoms with Gasteiger partial charge in [-0.15, -0.1) is 0 Å². The molecule has 1 aliphatic heterocycles. The van der Waals surface area contributed by atoms with Gasteiger partial charge in [-0.2, -0.15) is 0 Å². The number of pyridine rings is 3. The molecule has 0 bridgehead atoms. The van der Waals surface area contributed by atoms with Crippen molar-refractivity contribution in [1.29, 1.82) is 0 Å². The van der Waals surface area contributed by atoms with Crippen molar-refractivity contribution in [3.63, 3.8) is 0 Å². The van der Waals surface area contributed by atoms with Crippen molar-refractivity contribution in [2.75, 3.05) is 0 Å². The molecule has 0 spiro atoms. The number of rotatable bonds is 8. The Morgan fingerprint density at radius 3 is 1.72 bits per heavy atom. The zero-order chi connectivity index (χ0) is 36.1. The summed E-state index contributed by atoms with van der Waals surface area (Å²) in [6, 6.07) is 62.0. The summed E-state index contributed by atoms with van der Waals surface area (Å²) in [7, 11) is 0. The Balaban J connectivity index is 1.10. The third kappa shape index (κ3) is 6.72. The van der Waals surface area contributed by atoms with Crippen LogP contribution in [0.1, 0.15) is 22.9 Å². The minimum absolute atomic E-state index is 0.277. The lowest BCUT2D eigenvalue weighted by molar-refractivity contribution is 0.674. The summed E-state index contributed by atoms with van der Waals surface area (Å²) in [5.41, 5.74) is 12.6. The second-order valence-corrected chi connectivity index (χ2v) is 13.0. The van der Waals surface area contributed by atoms with Crippen molar-refractivity contribution in [2.45, 2.75) is 6.17 Å². The van der Waals surface area contributed by atoms with Gasteiger partial charge in [0.05, 0.1) is 22.8 Å². The van der Waals surface area contributed by atoms with Crippen LogP contribution in [0.4, 0.5) is 0 Å². The number of amidine groups is 2. The average molecular weight is 695 g/mol. The molecule has 1 aliphatic rings. The zero-order valence-electron chi connectivity index (χ0n) is 29.3. The van der Waals surface area contributed by atoms with Crippen LogP contribution in [0.5, 0.6) is 0 Å². The number of nitrogens with zero attached hydrogens (tertiary/aromatic N) is 5. The van der Waals surface area contributed by atoms with Gasteiger partial charge in [0, 0.05) is 29.1 Å². The second-order valence-electron chi connectivity index (χ2n) is 13.0. The van der Waals surface area contributed by atoms with Gasteiger partial charge in [0.1, 0.15) is 12.0 Å². The van der Waals surface area contributed by atoms with E-state index in [1.54, 1.807) is 6.20 Å². The van der Waals surface area contributed by atoms with E-state index in [0.29, 0.717) is 5.84 Å². The van der Waals surface area contributed by atoms with Crippen molar-refractivity contribution >= 4 is 11.7 Å². The van der Waals surface area contributed by atoms with Crippen LogP contribution < -0.4 is 5.32 Å².